The molecule has 0 aliphatic heterocycles. The fraction of sp³-hybridized carbons (Fsp3) is 0.250. The van der Waals surface area contributed by atoms with Crippen LogP contribution in [0.2, 0.25) is 5.02 Å². The lowest BCUT2D eigenvalue weighted by Crippen LogP contribution is -2.02. The van der Waals surface area contributed by atoms with Crippen molar-refractivity contribution in [2.24, 2.45) is 0 Å². The number of nitrogens with zero attached hydrogens (tertiary/aromatic N) is 1. The number of aromatic nitrogens is 1. The van der Waals surface area contributed by atoms with Gasteiger partial charge in [-0.25, -0.2) is 0 Å². The monoisotopic (exact) mass is 339 g/mol. The predicted octanol–water partition coefficient (Wildman–Crippen LogP) is 4.98. The van der Waals surface area contributed by atoms with Crippen LogP contribution in [-0.2, 0) is 6.42 Å². The van der Waals surface area contributed by atoms with Gasteiger partial charge in [0.15, 0.2) is 11.5 Å². The minimum Gasteiger partial charge on any atom is -0.493 e. The summed E-state index contributed by atoms with van der Waals surface area (Å²) in [5, 5.41) is 2.91. The molecule has 0 spiro atoms. The van der Waals surface area contributed by atoms with Crippen LogP contribution in [0.5, 0.6) is 11.5 Å². The van der Waals surface area contributed by atoms with Crippen LogP contribution in [0.4, 0.5) is 0 Å². The van der Waals surface area contributed by atoms with Crippen molar-refractivity contribution in [1.82, 2.24) is 4.98 Å². The van der Waals surface area contributed by atoms with Gasteiger partial charge >= 0.3 is 0 Å². The Balaban J connectivity index is 1.92. The van der Waals surface area contributed by atoms with E-state index in [4.69, 9.17) is 26.1 Å². The Morgan fingerprint density at radius 3 is 2.71 bits per heavy atom. The minimum absolute atomic E-state index is 0.264. The lowest BCUT2D eigenvalue weighted by molar-refractivity contribution is 0.358. The molecule has 0 fully saturated rings. The Hall–Kier alpha value is -2.26. The number of benzene rings is 2. The van der Waals surface area contributed by atoms with Gasteiger partial charge in [0.05, 0.1) is 19.9 Å². The first kappa shape index (κ1) is 15.3. The second-order valence-electron chi connectivity index (χ2n) is 6.03. The summed E-state index contributed by atoms with van der Waals surface area (Å²) in [4.78, 5) is 4.71. The highest BCUT2D eigenvalue weighted by molar-refractivity contribution is 6.30. The van der Waals surface area contributed by atoms with Crippen molar-refractivity contribution in [3.8, 4) is 11.5 Å². The maximum absolute atomic E-state index is 6.22. The van der Waals surface area contributed by atoms with Gasteiger partial charge in [-0.1, -0.05) is 17.7 Å². The number of ether oxygens (including phenoxy) is 2. The van der Waals surface area contributed by atoms with Gasteiger partial charge in [-0.15, -0.1) is 0 Å². The average molecular weight is 340 g/mol. The Bertz CT molecular complexity index is 923. The third kappa shape index (κ3) is 2.31. The minimum atomic E-state index is 0.264. The standard InChI is InChI=1S/C20H18ClNO2/c1-23-18-8-7-14-16(20(18)24-2)9-10-22-19(14)15-6-4-12-3-5-13(21)11-17(12)15/h3,5,7-11,15H,4,6H2,1-2H3. The summed E-state index contributed by atoms with van der Waals surface area (Å²) >= 11 is 6.22. The molecule has 1 unspecified atom stereocenters. The fourth-order valence-corrected chi connectivity index (χ4v) is 3.92. The summed E-state index contributed by atoms with van der Waals surface area (Å²) in [6.45, 7) is 0. The molecule has 0 amide bonds. The Kier molecular flexibility index (Phi) is 3.81. The van der Waals surface area contributed by atoms with E-state index in [2.05, 4.69) is 18.2 Å². The van der Waals surface area contributed by atoms with Crippen LogP contribution in [0.3, 0.4) is 0 Å². The molecule has 0 N–H and O–H groups in total. The zero-order valence-corrected chi connectivity index (χ0v) is 14.4. The summed E-state index contributed by atoms with van der Waals surface area (Å²) in [5.74, 6) is 1.75. The molecular weight excluding hydrogens is 322 g/mol. The maximum Gasteiger partial charge on any atom is 0.168 e. The van der Waals surface area contributed by atoms with Gasteiger partial charge in [-0.05, 0) is 54.3 Å². The molecule has 2 aromatic carbocycles. The molecule has 122 valence electrons. The van der Waals surface area contributed by atoms with Crippen LogP contribution in [0.15, 0.2) is 42.6 Å². The first-order valence-electron chi connectivity index (χ1n) is 8.01. The fourth-order valence-electron chi connectivity index (χ4n) is 3.74. The zero-order valence-electron chi connectivity index (χ0n) is 13.7. The topological polar surface area (TPSA) is 31.4 Å². The van der Waals surface area contributed by atoms with Gasteiger partial charge in [-0.2, -0.15) is 0 Å². The van der Waals surface area contributed by atoms with Crippen LogP contribution in [0, 0.1) is 0 Å². The van der Waals surface area contributed by atoms with Gasteiger partial charge in [-0.3, -0.25) is 4.98 Å². The first-order chi connectivity index (χ1) is 11.7. The van der Waals surface area contributed by atoms with Crippen LogP contribution < -0.4 is 9.47 Å². The van der Waals surface area contributed by atoms with E-state index in [1.54, 1.807) is 14.2 Å². The van der Waals surface area contributed by atoms with Crippen LogP contribution in [0.1, 0.15) is 29.2 Å². The second-order valence-corrected chi connectivity index (χ2v) is 6.46. The van der Waals surface area contributed by atoms with Crippen molar-refractivity contribution in [3.05, 3.63) is 64.4 Å². The van der Waals surface area contributed by atoms with Crippen LogP contribution >= 0.6 is 11.6 Å². The maximum atomic E-state index is 6.22. The number of halogens is 1. The highest BCUT2D eigenvalue weighted by Gasteiger charge is 2.27. The summed E-state index contributed by atoms with van der Waals surface area (Å²) in [7, 11) is 3.32. The first-order valence-corrected chi connectivity index (χ1v) is 8.38. The Morgan fingerprint density at radius 1 is 1.04 bits per heavy atom. The number of aryl methyl sites for hydroxylation is 1. The normalized spacial score (nSPS) is 16.2. The van der Waals surface area contributed by atoms with Crippen molar-refractivity contribution in [1.29, 1.82) is 0 Å². The number of hydrogen-bond acceptors (Lipinski definition) is 3. The lowest BCUT2D eigenvalue weighted by atomic mass is 9.93. The molecule has 0 bridgehead atoms. The average Bonchev–Trinajstić information content (AvgIpc) is 3.02. The molecule has 1 aliphatic rings. The van der Waals surface area contributed by atoms with Crippen molar-refractivity contribution < 1.29 is 9.47 Å². The van der Waals surface area contributed by atoms with E-state index >= 15 is 0 Å². The highest BCUT2D eigenvalue weighted by atomic mass is 35.5. The van der Waals surface area contributed by atoms with E-state index in [1.165, 1.54) is 11.1 Å². The third-order valence-electron chi connectivity index (χ3n) is 4.83. The van der Waals surface area contributed by atoms with Gasteiger partial charge < -0.3 is 9.47 Å². The van der Waals surface area contributed by atoms with Gasteiger partial charge in [0, 0.05) is 27.9 Å². The molecule has 1 heterocycles. The van der Waals surface area contributed by atoms with E-state index in [9.17, 15) is 0 Å². The van der Waals surface area contributed by atoms with Crippen molar-refractivity contribution >= 4 is 22.4 Å². The van der Waals surface area contributed by atoms with E-state index in [0.29, 0.717) is 0 Å². The molecule has 0 saturated carbocycles. The SMILES string of the molecule is COc1ccc2c(C3CCc4ccc(Cl)cc43)nccc2c1OC. The van der Waals surface area contributed by atoms with Crippen molar-refractivity contribution in [2.75, 3.05) is 14.2 Å². The van der Waals surface area contributed by atoms with E-state index in [0.717, 1.165) is 45.8 Å². The van der Waals surface area contributed by atoms with E-state index in [1.807, 2.05) is 24.4 Å². The zero-order chi connectivity index (χ0) is 16.7. The smallest absolute Gasteiger partial charge is 0.168 e. The molecule has 4 heteroatoms. The molecule has 0 saturated heterocycles. The van der Waals surface area contributed by atoms with E-state index < -0.39 is 0 Å². The van der Waals surface area contributed by atoms with Gasteiger partial charge in [0.2, 0.25) is 0 Å². The summed E-state index contributed by atoms with van der Waals surface area (Å²) < 4.78 is 11.0. The number of methoxy groups -OCH3 is 2. The molecule has 24 heavy (non-hydrogen) atoms. The predicted molar refractivity (Wildman–Crippen MR) is 96.5 cm³/mol. The summed E-state index contributed by atoms with van der Waals surface area (Å²) in [6, 6.07) is 12.2. The molecule has 0 radical (unpaired) electrons. The highest BCUT2D eigenvalue weighted by Crippen LogP contribution is 2.43. The molecule has 4 rings (SSSR count). The van der Waals surface area contributed by atoms with Crippen LogP contribution in [0.25, 0.3) is 10.8 Å². The Labute approximate surface area is 146 Å². The van der Waals surface area contributed by atoms with Crippen molar-refractivity contribution in [2.45, 2.75) is 18.8 Å². The number of fused-ring (bicyclic) bond motifs is 2. The quantitative estimate of drug-likeness (QED) is 0.674. The molecule has 3 nitrogen and oxygen atoms in total. The summed E-state index contributed by atoms with van der Waals surface area (Å²) in [5.41, 5.74) is 3.73. The number of rotatable bonds is 3. The third-order valence-corrected chi connectivity index (χ3v) is 5.07. The second kappa shape index (κ2) is 5.99. The number of pyridine rings is 1. The van der Waals surface area contributed by atoms with E-state index in [-0.39, 0.29) is 5.92 Å². The molecule has 1 aromatic heterocycles. The van der Waals surface area contributed by atoms with Crippen LogP contribution in [-0.4, -0.2) is 19.2 Å². The molecule has 1 aliphatic carbocycles. The summed E-state index contributed by atoms with van der Waals surface area (Å²) in [6.07, 6.45) is 3.96. The number of hydrogen-bond donors (Lipinski definition) is 0. The molecular formula is C20H18ClNO2. The molecule has 3 aromatic rings. The van der Waals surface area contributed by atoms with Gasteiger partial charge in [0.25, 0.3) is 0 Å². The molecule has 1 atom stereocenters. The Morgan fingerprint density at radius 2 is 1.92 bits per heavy atom. The van der Waals surface area contributed by atoms with Crippen molar-refractivity contribution in [3.63, 3.8) is 0 Å². The largest absolute Gasteiger partial charge is 0.493 e. The van der Waals surface area contributed by atoms with Gasteiger partial charge in [0.1, 0.15) is 0 Å². The lowest BCUT2D eigenvalue weighted by Gasteiger charge is -2.17.